The molecule has 1 unspecified atom stereocenters. The predicted molar refractivity (Wildman–Crippen MR) is 66.8 cm³/mol. The van der Waals surface area contributed by atoms with Crippen LogP contribution in [0.1, 0.15) is 12.0 Å². The van der Waals surface area contributed by atoms with E-state index in [-0.39, 0.29) is 16.3 Å². The minimum atomic E-state index is -0.360. The van der Waals surface area contributed by atoms with Crippen LogP contribution in [0.15, 0.2) is 18.2 Å². The van der Waals surface area contributed by atoms with Gasteiger partial charge < -0.3 is 4.74 Å². The lowest BCUT2D eigenvalue weighted by molar-refractivity contribution is 0.162. The van der Waals surface area contributed by atoms with Crippen LogP contribution in [0.2, 0.25) is 5.02 Å². The maximum atomic E-state index is 13.0. The normalized spacial score (nSPS) is 24.9. The Morgan fingerprint density at radius 1 is 1.50 bits per heavy atom. The summed E-state index contributed by atoms with van der Waals surface area (Å²) < 4.78 is 18.5. The second-order valence-corrected chi connectivity index (χ2v) is 5.33. The van der Waals surface area contributed by atoms with Crippen molar-refractivity contribution in [1.29, 1.82) is 0 Å². The molecule has 0 radical (unpaired) electrons. The third-order valence-electron chi connectivity index (χ3n) is 3.03. The molecule has 4 heteroatoms. The van der Waals surface area contributed by atoms with Gasteiger partial charge in [-0.15, -0.1) is 0 Å². The molecule has 0 spiro atoms. The van der Waals surface area contributed by atoms with E-state index in [4.69, 9.17) is 16.3 Å². The lowest BCUT2D eigenvalue weighted by atomic mass is 9.83. The maximum Gasteiger partial charge on any atom is 0.141 e. The third kappa shape index (κ3) is 2.58. The molecular weight excluding hydrogens is 294 g/mol. The van der Waals surface area contributed by atoms with E-state index < -0.39 is 0 Å². The van der Waals surface area contributed by atoms with Crippen LogP contribution in [0.5, 0.6) is 0 Å². The summed E-state index contributed by atoms with van der Waals surface area (Å²) >= 11 is 9.31. The quantitative estimate of drug-likeness (QED) is 0.771. The zero-order valence-electron chi connectivity index (χ0n) is 8.81. The van der Waals surface area contributed by atoms with Crippen molar-refractivity contribution in [1.82, 2.24) is 0 Å². The van der Waals surface area contributed by atoms with Crippen molar-refractivity contribution < 1.29 is 9.13 Å². The number of benzene rings is 1. The highest BCUT2D eigenvalue weighted by Gasteiger charge is 2.34. The van der Waals surface area contributed by atoms with Gasteiger partial charge in [0.1, 0.15) is 5.82 Å². The smallest absolute Gasteiger partial charge is 0.141 e. The average molecular weight is 308 g/mol. The molecular formula is C12H13BrClFO. The van der Waals surface area contributed by atoms with Crippen molar-refractivity contribution in [2.45, 2.75) is 12.8 Å². The lowest BCUT2D eigenvalue weighted by Gasteiger charge is -2.24. The Balaban J connectivity index is 2.16. The molecule has 1 nitrogen and oxygen atoms in total. The Morgan fingerprint density at radius 3 is 2.88 bits per heavy atom. The number of hydrogen-bond acceptors (Lipinski definition) is 1. The number of halogens is 3. The highest BCUT2D eigenvalue weighted by Crippen LogP contribution is 2.35. The lowest BCUT2D eigenvalue weighted by Crippen LogP contribution is -2.25. The number of ether oxygens (including phenoxy) is 1. The van der Waals surface area contributed by atoms with Gasteiger partial charge in [0.05, 0.1) is 11.6 Å². The number of rotatable bonds is 3. The summed E-state index contributed by atoms with van der Waals surface area (Å²) in [6.07, 6.45) is 1.91. The van der Waals surface area contributed by atoms with Gasteiger partial charge in [-0.2, -0.15) is 0 Å². The Labute approximate surface area is 108 Å². The minimum absolute atomic E-state index is 0.140. The first-order valence-corrected chi connectivity index (χ1v) is 6.73. The zero-order chi connectivity index (χ0) is 11.6. The van der Waals surface area contributed by atoms with Crippen LogP contribution >= 0.6 is 27.5 Å². The topological polar surface area (TPSA) is 9.23 Å². The van der Waals surface area contributed by atoms with Gasteiger partial charge in [-0.1, -0.05) is 33.6 Å². The number of alkyl halides is 1. The third-order valence-corrected chi connectivity index (χ3v) is 4.51. The molecule has 0 amide bonds. The van der Waals surface area contributed by atoms with Gasteiger partial charge in [-0.05, 0) is 30.5 Å². The largest absolute Gasteiger partial charge is 0.381 e. The van der Waals surface area contributed by atoms with E-state index in [2.05, 4.69) is 15.9 Å². The highest BCUT2D eigenvalue weighted by molar-refractivity contribution is 9.09. The van der Waals surface area contributed by atoms with Gasteiger partial charge in [-0.25, -0.2) is 4.39 Å². The zero-order valence-corrected chi connectivity index (χ0v) is 11.2. The van der Waals surface area contributed by atoms with E-state index >= 15 is 0 Å². The fourth-order valence-electron chi connectivity index (χ4n) is 2.02. The average Bonchev–Trinajstić information content (AvgIpc) is 2.73. The van der Waals surface area contributed by atoms with Gasteiger partial charge in [0.2, 0.25) is 0 Å². The first-order chi connectivity index (χ1) is 7.65. The first-order valence-electron chi connectivity index (χ1n) is 5.23. The van der Waals surface area contributed by atoms with E-state index in [0.29, 0.717) is 0 Å². The molecule has 1 aromatic carbocycles. The van der Waals surface area contributed by atoms with Crippen LogP contribution in [0.4, 0.5) is 4.39 Å². The first kappa shape index (κ1) is 12.3. The second kappa shape index (κ2) is 5.03. The van der Waals surface area contributed by atoms with Crippen molar-refractivity contribution in [3.8, 4) is 0 Å². The van der Waals surface area contributed by atoms with Gasteiger partial charge in [0.15, 0.2) is 0 Å². The number of hydrogen-bond donors (Lipinski definition) is 0. The molecule has 0 aromatic heterocycles. The summed E-state index contributed by atoms with van der Waals surface area (Å²) in [7, 11) is 0. The summed E-state index contributed by atoms with van der Waals surface area (Å²) in [5.41, 5.74) is 1.21. The molecule has 0 N–H and O–H groups in total. The summed E-state index contributed by atoms with van der Waals surface area (Å²) in [4.78, 5) is 0. The van der Waals surface area contributed by atoms with E-state index in [1.54, 1.807) is 12.1 Å². The monoisotopic (exact) mass is 306 g/mol. The Kier molecular flexibility index (Phi) is 3.88. The fraction of sp³-hybridized carbons (Fsp3) is 0.500. The second-order valence-electron chi connectivity index (χ2n) is 4.36. The molecule has 0 aliphatic carbocycles. The Bertz CT molecular complexity index is 377. The summed E-state index contributed by atoms with van der Waals surface area (Å²) in [6.45, 7) is 1.56. The maximum absolute atomic E-state index is 13.0. The van der Waals surface area contributed by atoms with Gasteiger partial charge in [0.25, 0.3) is 0 Å². The van der Waals surface area contributed by atoms with E-state index in [1.165, 1.54) is 6.07 Å². The van der Waals surface area contributed by atoms with Crippen molar-refractivity contribution >= 4 is 27.5 Å². The fourth-order valence-corrected chi connectivity index (χ4v) is 2.87. The molecule has 1 heterocycles. The standard InChI is InChI=1S/C12H13BrClFO/c13-7-12(3-4-16-8-12)6-9-1-2-11(15)10(14)5-9/h1-2,5H,3-4,6-8H2. The molecule has 0 saturated carbocycles. The van der Waals surface area contributed by atoms with Gasteiger partial charge in [-0.3, -0.25) is 0 Å². The molecule has 1 aliphatic heterocycles. The Morgan fingerprint density at radius 2 is 2.31 bits per heavy atom. The molecule has 1 aliphatic rings. The molecule has 2 rings (SSSR count). The molecule has 0 bridgehead atoms. The van der Waals surface area contributed by atoms with Crippen LogP contribution in [-0.2, 0) is 11.2 Å². The van der Waals surface area contributed by atoms with Crippen LogP contribution in [0.3, 0.4) is 0 Å². The molecule has 16 heavy (non-hydrogen) atoms. The van der Waals surface area contributed by atoms with Crippen molar-refractivity contribution in [2.24, 2.45) is 5.41 Å². The van der Waals surface area contributed by atoms with Crippen molar-refractivity contribution in [2.75, 3.05) is 18.5 Å². The Hall–Kier alpha value is -0.120. The van der Waals surface area contributed by atoms with Crippen LogP contribution in [0.25, 0.3) is 0 Å². The van der Waals surface area contributed by atoms with E-state index in [1.807, 2.05) is 0 Å². The van der Waals surface area contributed by atoms with Crippen LogP contribution in [0, 0.1) is 11.2 Å². The van der Waals surface area contributed by atoms with Crippen molar-refractivity contribution in [3.63, 3.8) is 0 Å². The molecule has 1 saturated heterocycles. The van der Waals surface area contributed by atoms with Crippen LogP contribution < -0.4 is 0 Å². The molecule has 88 valence electrons. The SMILES string of the molecule is Fc1ccc(CC2(CBr)CCOC2)cc1Cl. The highest BCUT2D eigenvalue weighted by atomic mass is 79.9. The van der Waals surface area contributed by atoms with E-state index in [9.17, 15) is 4.39 Å². The molecule has 1 atom stereocenters. The van der Waals surface area contributed by atoms with Crippen LogP contribution in [-0.4, -0.2) is 18.5 Å². The molecule has 1 aromatic rings. The summed E-state index contributed by atoms with van der Waals surface area (Å²) in [5.74, 6) is -0.360. The van der Waals surface area contributed by atoms with Crippen molar-refractivity contribution in [3.05, 3.63) is 34.6 Å². The van der Waals surface area contributed by atoms with Gasteiger partial charge in [0, 0.05) is 17.4 Å². The summed E-state index contributed by atoms with van der Waals surface area (Å²) in [6, 6.07) is 4.93. The predicted octanol–water partition coefficient (Wildman–Crippen LogP) is 3.82. The van der Waals surface area contributed by atoms with Gasteiger partial charge >= 0.3 is 0 Å². The van der Waals surface area contributed by atoms with E-state index in [0.717, 1.165) is 36.9 Å². The molecule has 1 fully saturated rings. The minimum Gasteiger partial charge on any atom is -0.381 e. The summed E-state index contributed by atoms with van der Waals surface area (Å²) in [5, 5.41) is 1.09.